The summed E-state index contributed by atoms with van der Waals surface area (Å²) < 4.78 is 13.0. The van der Waals surface area contributed by atoms with Crippen LogP contribution in [0, 0.1) is 40.4 Å². The summed E-state index contributed by atoms with van der Waals surface area (Å²) in [6.45, 7) is 10.3. The number of carbonyl (C=O) groups excluding carboxylic acids is 1. The van der Waals surface area contributed by atoms with Gasteiger partial charge in [-0.1, -0.05) is 25.9 Å². The Kier molecular flexibility index (Phi) is 8.47. The van der Waals surface area contributed by atoms with Gasteiger partial charge in [0.1, 0.15) is 6.67 Å². The van der Waals surface area contributed by atoms with Crippen LogP contribution in [0.25, 0.3) is 0 Å². The van der Waals surface area contributed by atoms with Gasteiger partial charge in [0.15, 0.2) is 0 Å². The lowest BCUT2D eigenvalue weighted by atomic mass is 9.44. The van der Waals surface area contributed by atoms with Gasteiger partial charge in [-0.2, -0.15) is 0 Å². The molecule has 8 atom stereocenters. The van der Waals surface area contributed by atoms with Gasteiger partial charge in [0.05, 0.1) is 18.4 Å². The van der Waals surface area contributed by atoms with Crippen molar-refractivity contribution in [2.24, 2.45) is 45.6 Å². The van der Waals surface area contributed by atoms with Crippen LogP contribution in [0.2, 0.25) is 0 Å². The summed E-state index contributed by atoms with van der Waals surface area (Å²) in [5.41, 5.74) is 1.49. The first-order chi connectivity index (χ1) is 16.7. The zero-order valence-corrected chi connectivity index (χ0v) is 22.4. The van der Waals surface area contributed by atoms with Crippen LogP contribution in [-0.2, 0) is 4.84 Å². The van der Waals surface area contributed by atoms with E-state index in [0.717, 1.165) is 43.4 Å². The summed E-state index contributed by atoms with van der Waals surface area (Å²) in [6, 6.07) is 0. The number of carbonyl (C=O) groups is 1. The van der Waals surface area contributed by atoms with Gasteiger partial charge in [-0.15, -0.1) is 0 Å². The van der Waals surface area contributed by atoms with E-state index in [2.05, 4.69) is 24.3 Å². The number of aliphatic hydroxyl groups excluding tert-OH is 1. The number of nitrogens with one attached hydrogen (secondary N) is 1. The molecule has 4 aliphatic rings. The molecule has 6 nitrogen and oxygen atoms in total. The topological polar surface area (TPSA) is 74.2 Å². The van der Waals surface area contributed by atoms with E-state index in [4.69, 9.17) is 4.84 Å². The van der Waals surface area contributed by atoms with Crippen molar-refractivity contribution in [2.45, 2.75) is 91.6 Å². The molecular weight excluding hydrogens is 445 g/mol. The summed E-state index contributed by atoms with van der Waals surface area (Å²) in [5, 5.41) is 17.8. The quantitative estimate of drug-likeness (QED) is 0.205. The summed E-state index contributed by atoms with van der Waals surface area (Å²) in [5.74, 6) is 3.23. The largest absolute Gasteiger partial charge is 0.436 e. The zero-order valence-electron chi connectivity index (χ0n) is 22.4. The fourth-order valence-electron chi connectivity index (χ4n) is 8.94. The highest BCUT2D eigenvalue weighted by atomic mass is 19.1. The van der Waals surface area contributed by atoms with Crippen LogP contribution in [0.4, 0.5) is 9.18 Å². The van der Waals surface area contributed by atoms with Crippen LogP contribution < -0.4 is 5.32 Å². The van der Waals surface area contributed by atoms with Gasteiger partial charge in [-0.05, 0) is 106 Å². The molecule has 7 heteroatoms. The van der Waals surface area contributed by atoms with Crippen molar-refractivity contribution in [3.63, 3.8) is 0 Å². The molecule has 0 bridgehead atoms. The molecule has 4 aliphatic carbocycles. The third-order valence-corrected chi connectivity index (χ3v) is 10.8. The van der Waals surface area contributed by atoms with Crippen molar-refractivity contribution in [1.29, 1.82) is 0 Å². The van der Waals surface area contributed by atoms with Crippen molar-refractivity contribution in [1.82, 2.24) is 10.2 Å². The Bertz CT molecular complexity index is 779. The van der Waals surface area contributed by atoms with Crippen LogP contribution in [-0.4, -0.2) is 60.8 Å². The first-order valence-corrected chi connectivity index (χ1v) is 14.2. The Morgan fingerprint density at radius 1 is 1.09 bits per heavy atom. The second-order valence-corrected chi connectivity index (χ2v) is 12.4. The number of aliphatic hydroxyl groups is 1. The minimum atomic E-state index is -0.590. The Morgan fingerprint density at radius 3 is 2.57 bits per heavy atom. The fourth-order valence-corrected chi connectivity index (χ4v) is 8.94. The van der Waals surface area contributed by atoms with E-state index < -0.39 is 12.8 Å². The average Bonchev–Trinajstić information content (AvgIpc) is 3.19. The zero-order chi connectivity index (χ0) is 25.2. The van der Waals surface area contributed by atoms with E-state index in [-0.39, 0.29) is 18.1 Å². The molecule has 200 valence electrons. The minimum Gasteiger partial charge on any atom is -0.393 e. The minimum absolute atomic E-state index is 0.0296. The van der Waals surface area contributed by atoms with E-state index in [1.165, 1.54) is 43.4 Å². The number of hydrogen-bond acceptors (Lipinski definition) is 5. The van der Waals surface area contributed by atoms with Gasteiger partial charge in [-0.3, -0.25) is 4.84 Å². The monoisotopic (exact) mass is 493 g/mol. The smallest absolute Gasteiger partial charge is 0.393 e. The first kappa shape index (κ1) is 26.8. The van der Waals surface area contributed by atoms with Crippen molar-refractivity contribution < 1.29 is 19.1 Å². The standard InChI is InChI=1S/C28H48FN3O3/c1-5-30-15-17-32(16-14-29)26(34)35-31-19(2)23-8-9-24-22-7-6-20-18-21(33)10-12-27(20,3)25(22)11-13-28(23,24)4/h20-25,30,33H,5-18H2,1-4H3/b31-19+/t20-,21+,22-,23+,24-,25-,27-,28+/m0/s1. The van der Waals surface area contributed by atoms with Crippen molar-refractivity contribution in [3.05, 3.63) is 0 Å². The summed E-state index contributed by atoms with van der Waals surface area (Å²) in [4.78, 5) is 19.3. The fraction of sp³-hybridized carbons (Fsp3) is 0.929. The SMILES string of the molecule is CCNCCN(CCF)C(=O)O/N=C(\C)[C@H]1CC[C@H]2[C@@H]3CC[C@H]4C[C@H](O)CC[C@]4(C)[C@H]3CC[C@]12C. The summed E-state index contributed by atoms with van der Waals surface area (Å²) in [6.07, 6.45) is 9.81. The molecule has 0 spiro atoms. The van der Waals surface area contributed by atoms with Crippen molar-refractivity contribution in [2.75, 3.05) is 32.9 Å². The Hall–Kier alpha value is -1.21. The normalized spacial score (nSPS) is 41.0. The highest BCUT2D eigenvalue weighted by Crippen LogP contribution is 2.67. The number of nitrogens with zero attached hydrogens (tertiary/aromatic N) is 2. The Balaban J connectivity index is 1.41. The lowest BCUT2D eigenvalue weighted by Gasteiger charge is -2.61. The Labute approximate surface area is 211 Å². The Morgan fingerprint density at radius 2 is 1.83 bits per heavy atom. The number of fused-ring (bicyclic) bond motifs is 5. The number of hydrogen-bond donors (Lipinski definition) is 2. The third-order valence-electron chi connectivity index (χ3n) is 10.8. The molecule has 0 aliphatic heterocycles. The molecule has 0 radical (unpaired) electrons. The van der Waals surface area contributed by atoms with Gasteiger partial charge >= 0.3 is 6.09 Å². The second-order valence-electron chi connectivity index (χ2n) is 12.4. The van der Waals surface area contributed by atoms with E-state index >= 15 is 0 Å². The predicted molar refractivity (Wildman–Crippen MR) is 137 cm³/mol. The van der Waals surface area contributed by atoms with Gasteiger partial charge in [0.25, 0.3) is 0 Å². The molecule has 2 N–H and O–H groups in total. The molecule has 4 fully saturated rings. The number of rotatable bonds is 8. The number of likely N-dealkylation sites (N-methyl/N-ethyl adjacent to an activating group) is 1. The number of alkyl halides is 1. The molecule has 0 heterocycles. The van der Waals surface area contributed by atoms with E-state index in [1.807, 2.05) is 13.8 Å². The lowest BCUT2D eigenvalue weighted by Crippen LogP contribution is -2.54. The third kappa shape index (κ3) is 5.14. The average molecular weight is 494 g/mol. The second kappa shape index (κ2) is 11.0. The molecule has 0 aromatic carbocycles. The van der Waals surface area contributed by atoms with E-state index in [1.54, 1.807) is 0 Å². The molecular formula is C28H48FN3O3. The molecule has 0 aromatic rings. The lowest BCUT2D eigenvalue weighted by molar-refractivity contribution is -0.123. The van der Waals surface area contributed by atoms with E-state index in [9.17, 15) is 14.3 Å². The van der Waals surface area contributed by atoms with Crippen LogP contribution in [0.1, 0.15) is 85.5 Å². The van der Waals surface area contributed by atoms with Crippen LogP contribution in [0.15, 0.2) is 5.16 Å². The van der Waals surface area contributed by atoms with Gasteiger partial charge in [0, 0.05) is 19.0 Å². The van der Waals surface area contributed by atoms with Crippen LogP contribution in [0.5, 0.6) is 0 Å². The first-order valence-electron chi connectivity index (χ1n) is 14.2. The molecule has 0 aromatic heterocycles. The van der Waals surface area contributed by atoms with Gasteiger partial charge in [-0.25, -0.2) is 9.18 Å². The molecule has 0 unspecified atom stereocenters. The summed E-state index contributed by atoms with van der Waals surface area (Å²) in [7, 11) is 0. The maximum atomic E-state index is 13.0. The molecule has 4 rings (SSSR count). The van der Waals surface area contributed by atoms with Crippen molar-refractivity contribution >= 4 is 11.8 Å². The van der Waals surface area contributed by atoms with Crippen LogP contribution in [0.3, 0.4) is 0 Å². The van der Waals surface area contributed by atoms with Gasteiger partial charge < -0.3 is 15.3 Å². The predicted octanol–water partition coefficient (Wildman–Crippen LogP) is 5.40. The summed E-state index contributed by atoms with van der Waals surface area (Å²) >= 11 is 0. The molecule has 0 saturated heterocycles. The number of halogens is 1. The molecule has 35 heavy (non-hydrogen) atoms. The maximum Gasteiger partial charge on any atom is 0.436 e. The van der Waals surface area contributed by atoms with Crippen molar-refractivity contribution in [3.8, 4) is 0 Å². The maximum absolute atomic E-state index is 13.0. The molecule has 1 amide bonds. The van der Waals surface area contributed by atoms with E-state index in [0.29, 0.717) is 36.3 Å². The number of oxime groups is 1. The highest BCUT2D eigenvalue weighted by molar-refractivity contribution is 5.85. The molecule has 4 saturated carbocycles. The highest BCUT2D eigenvalue weighted by Gasteiger charge is 2.60. The van der Waals surface area contributed by atoms with Crippen LogP contribution >= 0.6 is 0 Å². The number of amides is 1. The van der Waals surface area contributed by atoms with Gasteiger partial charge in [0.2, 0.25) is 0 Å².